The first kappa shape index (κ1) is 19.9. The van der Waals surface area contributed by atoms with Gasteiger partial charge in [0.25, 0.3) is 0 Å². The van der Waals surface area contributed by atoms with Gasteiger partial charge in [-0.05, 0) is 47.7 Å². The van der Waals surface area contributed by atoms with Gasteiger partial charge in [-0.25, -0.2) is 0 Å². The number of carbonyl (C=O) groups is 1. The molecule has 150 valence electrons. The molecule has 0 saturated heterocycles. The minimum Gasteiger partial charge on any atom is -0.495 e. The van der Waals surface area contributed by atoms with Crippen molar-refractivity contribution in [3.05, 3.63) is 47.5 Å². The smallest absolute Gasteiger partial charge is 0.242 e. The summed E-state index contributed by atoms with van der Waals surface area (Å²) >= 11 is 0. The van der Waals surface area contributed by atoms with Crippen LogP contribution in [0.5, 0.6) is 17.2 Å². The van der Waals surface area contributed by atoms with Crippen LogP contribution in [0.25, 0.3) is 0 Å². The SMILES string of the molecule is COc1ccc(C(C)(C)C)cc1NC(C)C(=O)NCc1ccc2c(c1)OCO2. The van der Waals surface area contributed by atoms with Gasteiger partial charge in [-0.2, -0.15) is 0 Å². The van der Waals surface area contributed by atoms with Crippen molar-refractivity contribution in [3.63, 3.8) is 0 Å². The van der Waals surface area contributed by atoms with Crippen molar-refractivity contribution >= 4 is 11.6 Å². The number of anilines is 1. The molecule has 0 bridgehead atoms. The Kier molecular flexibility index (Phi) is 5.68. The first-order chi connectivity index (χ1) is 13.3. The number of methoxy groups -OCH3 is 1. The van der Waals surface area contributed by atoms with E-state index in [0.717, 1.165) is 17.0 Å². The fourth-order valence-corrected chi connectivity index (χ4v) is 2.98. The molecule has 0 aromatic heterocycles. The van der Waals surface area contributed by atoms with Gasteiger partial charge >= 0.3 is 0 Å². The maximum Gasteiger partial charge on any atom is 0.242 e. The molecule has 0 radical (unpaired) electrons. The van der Waals surface area contributed by atoms with Gasteiger partial charge in [-0.1, -0.05) is 32.9 Å². The molecule has 28 heavy (non-hydrogen) atoms. The summed E-state index contributed by atoms with van der Waals surface area (Å²) in [6.45, 7) is 8.95. The van der Waals surface area contributed by atoms with Crippen LogP contribution in [0.1, 0.15) is 38.8 Å². The van der Waals surface area contributed by atoms with Gasteiger partial charge < -0.3 is 24.8 Å². The second-order valence-corrected chi connectivity index (χ2v) is 7.94. The molecule has 1 amide bonds. The summed E-state index contributed by atoms with van der Waals surface area (Å²) in [7, 11) is 1.63. The van der Waals surface area contributed by atoms with Crippen LogP contribution in [0.15, 0.2) is 36.4 Å². The van der Waals surface area contributed by atoms with E-state index in [9.17, 15) is 4.79 Å². The van der Waals surface area contributed by atoms with Crippen LogP contribution in [0.3, 0.4) is 0 Å². The van der Waals surface area contributed by atoms with Crippen molar-refractivity contribution in [2.45, 2.75) is 45.7 Å². The molecule has 1 heterocycles. The Bertz CT molecular complexity index is 858. The first-order valence-electron chi connectivity index (χ1n) is 9.39. The summed E-state index contributed by atoms with van der Waals surface area (Å²) in [5.41, 5.74) is 2.94. The number of ether oxygens (including phenoxy) is 3. The predicted octanol–water partition coefficient (Wildman–Crippen LogP) is 3.84. The van der Waals surface area contributed by atoms with Crippen molar-refractivity contribution < 1.29 is 19.0 Å². The van der Waals surface area contributed by atoms with Gasteiger partial charge in [-0.3, -0.25) is 4.79 Å². The van der Waals surface area contributed by atoms with E-state index < -0.39 is 6.04 Å². The highest BCUT2D eigenvalue weighted by Crippen LogP contribution is 2.33. The minimum atomic E-state index is -0.418. The van der Waals surface area contributed by atoms with Gasteiger partial charge in [0, 0.05) is 6.54 Å². The Hall–Kier alpha value is -2.89. The normalized spacial score (nSPS) is 13.8. The van der Waals surface area contributed by atoms with E-state index in [4.69, 9.17) is 14.2 Å². The molecule has 0 fully saturated rings. The lowest BCUT2D eigenvalue weighted by molar-refractivity contribution is -0.121. The second kappa shape index (κ2) is 8.00. The van der Waals surface area contributed by atoms with E-state index in [1.54, 1.807) is 7.11 Å². The maximum atomic E-state index is 12.6. The van der Waals surface area contributed by atoms with Gasteiger partial charge in [0.15, 0.2) is 11.5 Å². The first-order valence-corrected chi connectivity index (χ1v) is 9.39. The summed E-state index contributed by atoms with van der Waals surface area (Å²) in [4.78, 5) is 12.6. The number of fused-ring (bicyclic) bond motifs is 1. The third-order valence-electron chi connectivity index (χ3n) is 4.73. The fraction of sp³-hybridized carbons (Fsp3) is 0.409. The lowest BCUT2D eigenvalue weighted by atomic mass is 9.86. The van der Waals surface area contributed by atoms with Crippen LogP contribution in [0.2, 0.25) is 0 Å². The molecule has 1 aliphatic heterocycles. The van der Waals surface area contributed by atoms with Crippen molar-refractivity contribution in [1.29, 1.82) is 0 Å². The molecular formula is C22H28N2O4. The molecule has 1 atom stereocenters. The van der Waals surface area contributed by atoms with E-state index >= 15 is 0 Å². The average molecular weight is 384 g/mol. The van der Waals surface area contributed by atoms with Crippen molar-refractivity contribution in [1.82, 2.24) is 5.32 Å². The molecule has 0 spiro atoms. The quantitative estimate of drug-likeness (QED) is 0.792. The van der Waals surface area contributed by atoms with Crippen molar-refractivity contribution in [2.24, 2.45) is 0 Å². The Morgan fingerprint density at radius 1 is 1.14 bits per heavy atom. The number of benzene rings is 2. The summed E-state index contributed by atoms with van der Waals surface area (Å²) in [5.74, 6) is 2.06. The molecule has 0 aliphatic carbocycles. The van der Waals surface area contributed by atoms with E-state index in [1.807, 2.05) is 43.3 Å². The van der Waals surface area contributed by atoms with E-state index in [2.05, 4.69) is 31.4 Å². The molecule has 6 nitrogen and oxygen atoms in total. The Labute approximate surface area is 166 Å². The zero-order valence-corrected chi connectivity index (χ0v) is 17.1. The van der Waals surface area contributed by atoms with Crippen LogP contribution in [0, 0.1) is 0 Å². The van der Waals surface area contributed by atoms with Gasteiger partial charge in [0.05, 0.1) is 12.8 Å². The standard InChI is InChI=1S/C22H28N2O4/c1-14(24-17-11-16(22(2,3)4)7-9-18(17)26-5)21(25)23-12-15-6-8-19-20(10-15)28-13-27-19/h6-11,14,24H,12-13H2,1-5H3,(H,23,25). The molecule has 2 aromatic rings. The highest BCUT2D eigenvalue weighted by atomic mass is 16.7. The summed E-state index contributed by atoms with van der Waals surface area (Å²) < 4.78 is 16.1. The third-order valence-corrected chi connectivity index (χ3v) is 4.73. The van der Waals surface area contributed by atoms with Gasteiger partial charge in [0.1, 0.15) is 11.8 Å². The summed E-state index contributed by atoms with van der Waals surface area (Å²) in [6.07, 6.45) is 0. The molecule has 3 rings (SSSR count). The fourth-order valence-electron chi connectivity index (χ4n) is 2.98. The second-order valence-electron chi connectivity index (χ2n) is 7.94. The largest absolute Gasteiger partial charge is 0.495 e. The number of hydrogen-bond donors (Lipinski definition) is 2. The molecule has 1 aliphatic rings. The Morgan fingerprint density at radius 3 is 2.61 bits per heavy atom. The topological polar surface area (TPSA) is 68.8 Å². The summed E-state index contributed by atoms with van der Waals surface area (Å²) in [5, 5.41) is 6.22. The van der Waals surface area contributed by atoms with Crippen molar-refractivity contribution in [2.75, 3.05) is 19.2 Å². The van der Waals surface area contributed by atoms with E-state index in [0.29, 0.717) is 18.0 Å². The maximum absolute atomic E-state index is 12.6. The number of hydrogen-bond acceptors (Lipinski definition) is 5. The van der Waals surface area contributed by atoms with E-state index in [-0.39, 0.29) is 18.1 Å². The zero-order valence-electron chi connectivity index (χ0n) is 17.1. The Morgan fingerprint density at radius 2 is 1.89 bits per heavy atom. The highest BCUT2D eigenvalue weighted by molar-refractivity contribution is 5.84. The summed E-state index contributed by atoms with van der Waals surface area (Å²) in [6, 6.07) is 11.3. The number of rotatable bonds is 6. The van der Waals surface area contributed by atoms with Crippen molar-refractivity contribution in [3.8, 4) is 17.2 Å². The van der Waals surface area contributed by atoms with Crippen LogP contribution < -0.4 is 24.8 Å². The van der Waals surface area contributed by atoms with Crippen LogP contribution in [-0.4, -0.2) is 25.9 Å². The van der Waals surface area contributed by atoms with Crippen LogP contribution in [-0.2, 0) is 16.8 Å². The lowest BCUT2D eigenvalue weighted by Crippen LogP contribution is -2.37. The number of nitrogens with one attached hydrogen (secondary N) is 2. The Balaban J connectivity index is 1.64. The van der Waals surface area contributed by atoms with Gasteiger partial charge in [0.2, 0.25) is 12.7 Å². The van der Waals surface area contributed by atoms with Crippen LogP contribution >= 0.6 is 0 Å². The zero-order chi connectivity index (χ0) is 20.3. The highest BCUT2D eigenvalue weighted by Gasteiger charge is 2.19. The minimum absolute atomic E-state index is 0.00749. The lowest BCUT2D eigenvalue weighted by Gasteiger charge is -2.23. The molecule has 0 saturated carbocycles. The number of amides is 1. The molecular weight excluding hydrogens is 356 g/mol. The molecule has 2 aromatic carbocycles. The monoisotopic (exact) mass is 384 g/mol. The van der Waals surface area contributed by atoms with E-state index in [1.165, 1.54) is 5.56 Å². The average Bonchev–Trinajstić information content (AvgIpc) is 3.13. The number of carbonyl (C=O) groups excluding carboxylic acids is 1. The van der Waals surface area contributed by atoms with Crippen LogP contribution in [0.4, 0.5) is 5.69 Å². The molecule has 1 unspecified atom stereocenters. The molecule has 6 heteroatoms. The predicted molar refractivity (Wildman–Crippen MR) is 109 cm³/mol. The third kappa shape index (κ3) is 4.50. The van der Waals surface area contributed by atoms with Gasteiger partial charge in [-0.15, -0.1) is 0 Å². The molecule has 2 N–H and O–H groups in total.